The fourth-order valence-corrected chi connectivity index (χ4v) is 2.53. The molecule has 0 aromatic heterocycles. The van der Waals surface area contributed by atoms with Crippen molar-refractivity contribution in [2.45, 2.75) is 32.0 Å². The zero-order chi connectivity index (χ0) is 8.72. The van der Waals surface area contributed by atoms with Gasteiger partial charge in [-0.3, -0.25) is 9.80 Å². The molecule has 2 bridgehead atoms. The van der Waals surface area contributed by atoms with Gasteiger partial charge >= 0.3 is 0 Å². The molecule has 3 rings (SSSR count). The summed E-state index contributed by atoms with van der Waals surface area (Å²) in [6.45, 7) is 8.20. The third-order valence-corrected chi connectivity index (χ3v) is 3.29. The SMILES string of the molecule is CC1CN2C(C)CN1CC2CO. The lowest BCUT2D eigenvalue weighted by molar-refractivity contribution is -0.0725. The van der Waals surface area contributed by atoms with Gasteiger partial charge in [-0.05, 0) is 13.8 Å². The zero-order valence-corrected chi connectivity index (χ0v) is 7.90. The zero-order valence-electron chi connectivity index (χ0n) is 7.90. The lowest BCUT2D eigenvalue weighted by Gasteiger charge is -2.54. The Hall–Kier alpha value is -0.120. The van der Waals surface area contributed by atoms with Gasteiger partial charge in [-0.15, -0.1) is 0 Å². The minimum absolute atomic E-state index is 0.313. The Labute approximate surface area is 74.0 Å². The predicted octanol–water partition coefficient (Wildman–Crippen LogP) is -0.245. The number of hydrogen-bond donors (Lipinski definition) is 1. The summed E-state index contributed by atoms with van der Waals surface area (Å²) in [6.07, 6.45) is 0. The second-order valence-corrected chi connectivity index (χ2v) is 4.19. The van der Waals surface area contributed by atoms with Crippen LogP contribution in [-0.2, 0) is 0 Å². The van der Waals surface area contributed by atoms with Crippen molar-refractivity contribution in [3.05, 3.63) is 0 Å². The van der Waals surface area contributed by atoms with Gasteiger partial charge in [0, 0.05) is 37.8 Å². The van der Waals surface area contributed by atoms with Crippen LogP contribution >= 0.6 is 0 Å². The predicted molar refractivity (Wildman–Crippen MR) is 48.1 cm³/mol. The third kappa shape index (κ3) is 1.16. The highest BCUT2D eigenvalue weighted by molar-refractivity contribution is 4.95. The van der Waals surface area contributed by atoms with Gasteiger partial charge in [-0.2, -0.15) is 0 Å². The van der Waals surface area contributed by atoms with Gasteiger partial charge in [0.2, 0.25) is 0 Å². The van der Waals surface area contributed by atoms with Crippen LogP contribution in [0.4, 0.5) is 0 Å². The van der Waals surface area contributed by atoms with Gasteiger partial charge in [0.25, 0.3) is 0 Å². The molecule has 1 N–H and O–H groups in total. The molecule has 0 amide bonds. The summed E-state index contributed by atoms with van der Waals surface area (Å²) < 4.78 is 0. The molecule has 3 saturated heterocycles. The van der Waals surface area contributed by atoms with Crippen LogP contribution in [-0.4, -0.2) is 59.3 Å². The molecule has 0 radical (unpaired) electrons. The van der Waals surface area contributed by atoms with Crippen LogP contribution in [0.3, 0.4) is 0 Å². The van der Waals surface area contributed by atoms with Gasteiger partial charge in [-0.25, -0.2) is 0 Å². The highest BCUT2D eigenvalue weighted by Crippen LogP contribution is 2.24. The first-order valence-corrected chi connectivity index (χ1v) is 4.83. The summed E-state index contributed by atoms with van der Waals surface area (Å²) in [6, 6.07) is 1.71. The topological polar surface area (TPSA) is 26.7 Å². The average molecular weight is 170 g/mol. The van der Waals surface area contributed by atoms with Crippen LogP contribution in [0.25, 0.3) is 0 Å². The fraction of sp³-hybridized carbons (Fsp3) is 1.00. The molecule has 3 aliphatic heterocycles. The first-order chi connectivity index (χ1) is 5.72. The van der Waals surface area contributed by atoms with Gasteiger partial charge < -0.3 is 5.11 Å². The Balaban J connectivity index is 2.10. The van der Waals surface area contributed by atoms with Crippen LogP contribution < -0.4 is 0 Å². The van der Waals surface area contributed by atoms with Crippen LogP contribution in [0.5, 0.6) is 0 Å². The fourth-order valence-electron chi connectivity index (χ4n) is 2.53. The van der Waals surface area contributed by atoms with Crippen LogP contribution in [0.2, 0.25) is 0 Å². The Morgan fingerprint density at radius 3 is 2.50 bits per heavy atom. The lowest BCUT2D eigenvalue weighted by atomic mass is 9.99. The highest BCUT2D eigenvalue weighted by atomic mass is 16.3. The van der Waals surface area contributed by atoms with E-state index in [1.54, 1.807) is 0 Å². The summed E-state index contributed by atoms with van der Waals surface area (Å²) in [5, 5.41) is 9.15. The average Bonchev–Trinajstić information content (AvgIpc) is 2.06. The minimum atomic E-state index is 0.313. The van der Waals surface area contributed by atoms with E-state index < -0.39 is 0 Å². The van der Waals surface area contributed by atoms with E-state index in [1.807, 2.05) is 0 Å². The maximum atomic E-state index is 9.15. The summed E-state index contributed by atoms with van der Waals surface area (Å²) in [5.74, 6) is 0. The van der Waals surface area contributed by atoms with E-state index in [0.717, 1.165) is 13.1 Å². The molecule has 0 aromatic rings. The van der Waals surface area contributed by atoms with Gasteiger partial charge in [0.15, 0.2) is 0 Å². The van der Waals surface area contributed by atoms with Crippen molar-refractivity contribution in [1.82, 2.24) is 9.80 Å². The minimum Gasteiger partial charge on any atom is -0.395 e. The molecule has 5 unspecified atom stereocenters. The van der Waals surface area contributed by atoms with Gasteiger partial charge in [0.1, 0.15) is 0 Å². The molecule has 3 fully saturated rings. The molecule has 3 heterocycles. The molecule has 12 heavy (non-hydrogen) atoms. The summed E-state index contributed by atoms with van der Waals surface area (Å²) in [7, 11) is 0. The molecule has 3 nitrogen and oxygen atoms in total. The molecule has 0 aliphatic carbocycles. The number of nitrogens with zero attached hydrogens (tertiary/aromatic N) is 2. The van der Waals surface area contributed by atoms with Crippen molar-refractivity contribution in [3.63, 3.8) is 0 Å². The van der Waals surface area contributed by atoms with Gasteiger partial charge in [0.05, 0.1) is 6.61 Å². The highest BCUT2D eigenvalue weighted by Gasteiger charge is 2.39. The summed E-state index contributed by atoms with van der Waals surface area (Å²) in [4.78, 5) is 4.94. The quantitative estimate of drug-likeness (QED) is 0.588. The Morgan fingerprint density at radius 2 is 1.92 bits per heavy atom. The van der Waals surface area contributed by atoms with Crippen molar-refractivity contribution in [2.75, 3.05) is 26.2 Å². The maximum Gasteiger partial charge on any atom is 0.0599 e. The molecular weight excluding hydrogens is 152 g/mol. The van der Waals surface area contributed by atoms with E-state index in [9.17, 15) is 0 Å². The number of rotatable bonds is 1. The monoisotopic (exact) mass is 170 g/mol. The molecule has 70 valence electrons. The number of aliphatic hydroxyl groups is 1. The second kappa shape index (κ2) is 2.98. The van der Waals surface area contributed by atoms with Crippen molar-refractivity contribution in [1.29, 1.82) is 0 Å². The van der Waals surface area contributed by atoms with E-state index in [4.69, 9.17) is 5.11 Å². The number of aliphatic hydroxyl groups excluding tert-OH is 1. The largest absolute Gasteiger partial charge is 0.395 e. The molecular formula is C9H18N2O. The first-order valence-electron chi connectivity index (χ1n) is 4.83. The normalized spacial score (nSPS) is 52.8. The van der Waals surface area contributed by atoms with Crippen molar-refractivity contribution < 1.29 is 5.11 Å². The van der Waals surface area contributed by atoms with Crippen LogP contribution in [0.1, 0.15) is 13.8 Å². The molecule has 0 spiro atoms. The van der Waals surface area contributed by atoms with Crippen molar-refractivity contribution in [3.8, 4) is 0 Å². The number of piperazine rings is 3. The van der Waals surface area contributed by atoms with E-state index in [-0.39, 0.29) is 0 Å². The molecule has 0 aromatic carbocycles. The Morgan fingerprint density at radius 1 is 1.17 bits per heavy atom. The van der Waals surface area contributed by atoms with E-state index >= 15 is 0 Å². The summed E-state index contributed by atoms with van der Waals surface area (Å²) in [5.41, 5.74) is 0. The third-order valence-electron chi connectivity index (χ3n) is 3.29. The van der Waals surface area contributed by atoms with Crippen LogP contribution in [0, 0.1) is 0 Å². The van der Waals surface area contributed by atoms with Crippen molar-refractivity contribution in [2.24, 2.45) is 0 Å². The summed E-state index contributed by atoms with van der Waals surface area (Å²) >= 11 is 0. The first kappa shape index (κ1) is 8.48. The molecule has 3 heteroatoms. The van der Waals surface area contributed by atoms with E-state index in [2.05, 4.69) is 23.6 Å². The van der Waals surface area contributed by atoms with Crippen LogP contribution in [0.15, 0.2) is 0 Å². The van der Waals surface area contributed by atoms with Crippen molar-refractivity contribution >= 4 is 0 Å². The molecule has 5 atom stereocenters. The van der Waals surface area contributed by atoms with E-state index in [0.29, 0.717) is 24.7 Å². The maximum absolute atomic E-state index is 9.15. The number of fused-ring (bicyclic) bond motifs is 3. The molecule has 0 saturated carbocycles. The smallest absolute Gasteiger partial charge is 0.0599 e. The lowest BCUT2D eigenvalue weighted by Crippen LogP contribution is -2.68. The Bertz CT molecular complexity index is 174. The second-order valence-electron chi connectivity index (χ2n) is 4.19. The number of hydrogen-bond acceptors (Lipinski definition) is 3. The van der Waals surface area contributed by atoms with E-state index in [1.165, 1.54) is 6.54 Å². The standard InChI is InChI=1S/C9H18N2O/c1-7-4-11-8(2)3-10(7)5-9(11)6-12/h7-9,12H,3-6H2,1-2H3. The van der Waals surface area contributed by atoms with Gasteiger partial charge in [-0.1, -0.05) is 0 Å². The Kier molecular flexibility index (Phi) is 2.10. The molecule has 3 aliphatic rings.